The number of carbonyl (C=O) groups is 2. The van der Waals surface area contributed by atoms with Crippen LogP contribution in [0.15, 0.2) is 36.4 Å². The average Bonchev–Trinajstić information content (AvgIpc) is 3.10. The van der Waals surface area contributed by atoms with E-state index in [4.69, 9.17) is 14.6 Å². The monoisotopic (exact) mass is 461 g/mol. The van der Waals surface area contributed by atoms with Gasteiger partial charge in [0, 0.05) is 19.4 Å². The van der Waals surface area contributed by atoms with E-state index >= 15 is 0 Å². The number of benzene rings is 1. The molecular formula is C26H39NO6. The molecule has 2 unspecified atom stereocenters. The molecule has 0 bridgehead atoms. The Morgan fingerprint density at radius 3 is 2.70 bits per heavy atom. The van der Waals surface area contributed by atoms with E-state index in [1.165, 1.54) is 0 Å². The van der Waals surface area contributed by atoms with Crippen LogP contribution in [-0.2, 0) is 14.3 Å². The molecule has 2 rings (SSSR count). The first kappa shape index (κ1) is 26.9. The van der Waals surface area contributed by atoms with Gasteiger partial charge < -0.3 is 24.6 Å². The predicted octanol–water partition coefficient (Wildman–Crippen LogP) is 4.50. The van der Waals surface area contributed by atoms with Gasteiger partial charge in [0.15, 0.2) is 0 Å². The highest BCUT2D eigenvalue weighted by Crippen LogP contribution is 2.24. The van der Waals surface area contributed by atoms with Crippen LogP contribution in [0.3, 0.4) is 0 Å². The van der Waals surface area contributed by atoms with Crippen molar-refractivity contribution >= 4 is 11.9 Å². The summed E-state index contributed by atoms with van der Waals surface area (Å²) in [5.74, 6) is 0.0516. The van der Waals surface area contributed by atoms with Gasteiger partial charge in [-0.05, 0) is 57.7 Å². The van der Waals surface area contributed by atoms with E-state index in [0.29, 0.717) is 38.3 Å². The minimum Gasteiger partial charge on any atom is -0.491 e. The number of carbonyl (C=O) groups excluding carboxylic acids is 1. The Bertz CT molecular complexity index is 785. The molecular weight excluding hydrogens is 422 g/mol. The second kappa shape index (κ2) is 13.4. The maximum absolute atomic E-state index is 12.3. The standard InChI is InChI=1S/C26H39NO6/c1-26(2,3)33-18-17-32-22-10-8-9-20(19-22)23(28)14-12-21-13-15-24(29)27(21)16-7-5-4-6-11-25(30)31/h8-10,12,14,19,21,23,28H,4-7,11,13,15-18H2,1-3H3,(H,30,31). The van der Waals surface area contributed by atoms with Crippen LogP contribution in [0, 0.1) is 0 Å². The molecule has 2 N–H and O–H groups in total. The Hall–Kier alpha value is -2.38. The lowest BCUT2D eigenvalue weighted by atomic mass is 10.1. The zero-order valence-corrected chi connectivity index (χ0v) is 20.2. The van der Waals surface area contributed by atoms with Crippen LogP contribution < -0.4 is 4.74 Å². The Morgan fingerprint density at radius 1 is 1.21 bits per heavy atom. The van der Waals surface area contributed by atoms with Crippen LogP contribution in [0.5, 0.6) is 5.75 Å². The van der Waals surface area contributed by atoms with Crippen molar-refractivity contribution in [2.75, 3.05) is 19.8 Å². The van der Waals surface area contributed by atoms with Gasteiger partial charge in [0.25, 0.3) is 0 Å². The zero-order valence-electron chi connectivity index (χ0n) is 20.2. The molecule has 0 aliphatic carbocycles. The summed E-state index contributed by atoms with van der Waals surface area (Å²) in [4.78, 5) is 24.7. The second-order valence-corrected chi connectivity index (χ2v) is 9.46. The largest absolute Gasteiger partial charge is 0.491 e. The van der Waals surface area contributed by atoms with E-state index in [-0.39, 0.29) is 24.0 Å². The first-order chi connectivity index (χ1) is 15.7. The number of carboxylic acid groups (broad SMARTS) is 1. The number of carboxylic acids is 1. The maximum atomic E-state index is 12.3. The highest BCUT2D eigenvalue weighted by molar-refractivity contribution is 5.79. The number of hydrogen-bond acceptors (Lipinski definition) is 5. The summed E-state index contributed by atoms with van der Waals surface area (Å²) in [5, 5.41) is 19.3. The Kier molecular flexibility index (Phi) is 10.9. The molecule has 1 amide bonds. The SMILES string of the molecule is CC(C)(C)OCCOc1cccc(C(O)C=CC2CCC(=O)N2CCCCCCC(=O)O)c1. The van der Waals surface area contributed by atoms with Crippen molar-refractivity contribution in [3.05, 3.63) is 42.0 Å². The molecule has 7 nitrogen and oxygen atoms in total. The summed E-state index contributed by atoms with van der Waals surface area (Å²) in [5.41, 5.74) is 0.525. The summed E-state index contributed by atoms with van der Waals surface area (Å²) in [7, 11) is 0. The third kappa shape index (κ3) is 10.4. The number of nitrogens with zero attached hydrogens (tertiary/aromatic N) is 1. The van der Waals surface area contributed by atoms with E-state index in [1.807, 2.05) is 56.0 Å². The Morgan fingerprint density at radius 2 is 1.97 bits per heavy atom. The van der Waals surface area contributed by atoms with Crippen molar-refractivity contribution in [3.8, 4) is 5.75 Å². The first-order valence-corrected chi connectivity index (χ1v) is 11.9. The summed E-state index contributed by atoms with van der Waals surface area (Å²) in [6.07, 6.45) is 7.63. The number of rotatable bonds is 14. The van der Waals surface area contributed by atoms with Crippen molar-refractivity contribution in [1.29, 1.82) is 0 Å². The molecule has 184 valence electrons. The molecule has 1 heterocycles. The van der Waals surface area contributed by atoms with Crippen molar-refractivity contribution in [3.63, 3.8) is 0 Å². The molecule has 1 fully saturated rings. The minimum atomic E-state index is -0.784. The molecule has 0 aromatic heterocycles. The number of aliphatic carboxylic acids is 1. The Balaban J connectivity index is 1.82. The fourth-order valence-electron chi connectivity index (χ4n) is 3.80. The molecule has 1 aliphatic rings. The van der Waals surface area contributed by atoms with Crippen LogP contribution >= 0.6 is 0 Å². The molecule has 2 atom stereocenters. The van der Waals surface area contributed by atoms with Gasteiger partial charge >= 0.3 is 5.97 Å². The molecule has 1 aromatic carbocycles. The number of amides is 1. The number of unbranched alkanes of at least 4 members (excludes halogenated alkanes) is 3. The van der Waals surface area contributed by atoms with Gasteiger partial charge in [-0.15, -0.1) is 0 Å². The Labute approximate surface area is 197 Å². The molecule has 0 saturated carbocycles. The van der Waals surface area contributed by atoms with Gasteiger partial charge in [0.2, 0.25) is 5.91 Å². The van der Waals surface area contributed by atoms with E-state index in [2.05, 4.69) is 0 Å². The van der Waals surface area contributed by atoms with Gasteiger partial charge in [-0.2, -0.15) is 0 Å². The van der Waals surface area contributed by atoms with Crippen LogP contribution in [-0.4, -0.2) is 58.4 Å². The van der Waals surface area contributed by atoms with Gasteiger partial charge in [-0.3, -0.25) is 9.59 Å². The van der Waals surface area contributed by atoms with Crippen molar-refractivity contribution in [1.82, 2.24) is 4.90 Å². The highest BCUT2D eigenvalue weighted by atomic mass is 16.5. The molecule has 33 heavy (non-hydrogen) atoms. The summed E-state index contributed by atoms with van der Waals surface area (Å²) >= 11 is 0. The van der Waals surface area contributed by atoms with Crippen LogP contribution in [0.1, 0.15) is 77.4 Å². The second-order valence-electron chi connectivity index (χ2n) is 9.46. The van der Waals surface area contributed by atoms with Gasteiger partial charge in [-0.1, -0.05) is 37.1 Å². The molecule has 1 aliphatic heterocycles. The minimum absolute atomic E-state index is 0.0138. The van der Waals surface area contributed by atoms with Gasteiger partial charge in [0.05, 0.1) is 24.4 Å². The lowest BCUT2D eigenvalue weighted by Gasteiger charge is -2.22. The average molecular weight is 462 g/mol. The van der Waals surface area contributed by atoms with E-state index in [9.17, 15) is 14.7 Å². The number of ether oxygens (including phenoxy) is 2. The molecule has 1 aromatic rings. The number of hydrogen-bond donors (Lipinski definition) is 2. The van der Waals surface area contributed by atoms with Crippen molar-refractivity contribution in [2.24, 2.45) is 0 Å². The highest BCUT2D eigenvalue weighted by Gasteiger charge is 2.28. The van der Waals surface area contributed by atoms with Gasteiger partial charge in [0.1, 0.15) is 12.4 Å². The van der Waals surface area contributed by atoms with E-state index < -0.39 is 12.1 Å². The van der Waals surface area contributed by atoms with E-state index in [1.54, 1.807) is 6.08 Å². The number of likely N-dealkylation sites (tertiary alicyclic amines) is 1. The van der Waals surface area contributed by atoms with Gasteiger partial charge in [-0.25, -0.2) is 0 Å². The predicted molar refractivity (Wildman–Crippen MR) is 127 cm³/mol. The molecule has 0 spiro atoms. The first-order valence-electron chi connectivity index (χ1n) is 11.9. The normalized spacial score (nSPS) is 17.6. The molecule has 0 radical (unpaired) electrons. The van der Waals surface area contributed by atoms with E-state index in [0.717, 1.165) is 31.2 Å². The smallest absolute Gasteiger partial charge is 0.303 e. The molecule has 1 saturated heterocycles. The number of aliphatic hydroxyl groups is 1. The third-order valence-corrected chi connectivity index (χ3v) is 5.52. The fourth-order valence-corrected chi connectivity index (χ4v) is 3.80. The third-order valence-electron chi connectivity index (χ3n) is 5.52. The molecule has 7 heteroatoms. The summed E-state index contributed by atoms with van der Waals surface area (Å²) < 4.78 is 11.4. The van der Waals surface area contributed by atoms with Crippen LogP contribution in [0.4, 0.5) is 0 Å². The zero-order chi connectivity index (χ0) is 24.3. The summed E-state index contributed by atoms with van der Waals surface area (Å²) in [6.45, 7) is 7.58. The van der Waals surface area contributed by atoms with Crippen molar-refractivity contribution < 1.29 is 29.3 Å². The van der Waals surface area contributed by atoms with Crippen LogP contribution in [0.2, 0.25) is 0 Å². The summed E-state index contributed by atoms with van der Waals surface area (Å²) in [6, 6.07) is 7.36. The van der Waals surface area contributed by atoms with Crippen LogP contribution in [0.25, 0.3) is 0 Å². The van der Waals surface area contributed by atoms with Crippen molar-refractivity contribution in [2.45, 2.75) is 83.5 Å². The topological polar surface area (TPSA) is 96.3 Å². The lowest BCUT2D eigenvalue weighted by Crippen LogP contribution is -2.32. The number of aliphatic hydroxyl groups excluding tert-OH is 1. The quantitative estimate of drug-likeness (QED) is 0.313. The lowest BCUT2D eigenvalue weighted by molar-refractivity contribution is -0.137. The fraction of sp³-hybridized carbons (Fsp3) is 0.615. The maximum Gasteiger partial charge on any atom is 0.303 e.